The lowest BCUT2D eigenvalue weighted by molar-refractivity contribution is 0.110. The van der Waals surface area contributed by atoms with Gasteiger partial charge in [-0.05, 0) is 25.2 Å². The van der Waals surface area contributed by atoms with Crippen molar-refractivity contribution in [3.63, 3.8) is 0 Å². The third-order valence-corrected chi connectivity index (χ3v) is 3.41. The Balaban J connectivity index is 1.47. The zero-order valence-corrected chi connectivity index (χ0v) is 10.7. The Morgan fingerprint density at radius 2 is 2.12 bits per heavy atom. The van der Waals surface area contributed by atoms with Crippen LogP contribution in [0, 0.1) is 5.92 Å². The quantitative estimate of drug-likeness (QED) is 0.666. The first-order valence-electron chi connectivity index (χ1n) is 6.81. The highest BCUT2D eigenvalue weighted by Gasteiger charge is 2.33. The number of hydrogen-bond acceptors (Lipinski definition) is 3. The Kier molecular flexibility index (Phi) is 4.62. The van der Waals surface area contributed by atoms with E-state index in [1.165, 1.54) is 32.4 Å². The molecule has 1 aliphatic heterocycles. The summed E-state index contributed by atoms with van der Waals surface area (Å²) >= 11 is 0. The predicted octanol–water partition coefficient (Wildman–Crippen LogP) is 1.49. The monoisotopic (exact) mass is 226 g/mol. The van der Waals surface area contributed by atoms with Gasteiger partial charge in [-0.15, -0.1) is 0 Å². The summed E-state index contributed by atoms with van der Waals surface area (Å²) in [5, 5.41) is 3.60. The minimum atomic E-state index is 0.650. The van der Waals surface area contributed by atoms with Crippen molar-refractivity contribution in [2.24, 2.45) is 5.92 Å². The maximum absolute atomic E-state index is 5.57. The van der Waals surface area contributed by atoms with E-state index >= 15 is 0 Å². The maximum atomic E-state index is 5.57. The zero-order valence-electron chi connectivity index (χ0n) is 10.7. The highest BCUT2D eigenvalue weighted by atomic mass is 16.5. The molecule has 1 heterocycles. The van der Waals surface area contributed by atoms with Gasteiger partial charge < -0.3 is 10.1 Å². The fourth-order valence-corrected chi connectivity index (χ4v) is 2.38. The molecule has 2 fully saturated rings. The molecule has 1 saturated carbocycles. The third-order valence-electron chi connectivity index (χ3n) is 3.41. The van der Waals surface area contributed by atoms with Gasteiger partial charge in [0.25, 0.3) is 0 Å². The van der Waals surface area contributed by atoms with Crippen molar-refractivity contribution in [3.05, 3.63) is 0 Å². The lowest BCUT2D eigenvalue weighted by Crippen LogP contribution is -2.35. The molecular formula is C13H26N2O. The Morgan fingerprint density at radius 3 is 2.81 bits per heavy atom. The number of rotatable bonds is 7. The fourth-order valence-electron chi connectivity index (χ4n) is 2.38. The number of hydrogen-bond donors (Lipinski definition) is 1. The Hall–Kier alpha value is -0.120. The number of nitrogens with one attached hydrogen (secondary N) is 1. The first-order chi connectivity index (χ1) is 7.75. The molecule has 2 rings (SSSR count). The Morgan fingerprint density at radius 1 is 1.31 bits per heavy atom. The predicted molar refractivity (Wildman–Crippen MR) is 66.7 cm³/mol. The van der Waals surface area contributed by atoms with Crippen LogP contribution in [0.4, 0.5) is 0 Å². The van der Waals surface area contributed by atoms with Crippen molar-refractivity contribution < 1.29 is 4.74 Å². The van der Waals surface area contributed by atoms with E-state index in [9.17, 15) is 0 Å². The van der Waals surface area contributed by atoms with E-state index < -0.39 is 0 Å². The number of ether oxygens (including phenoxy) is 1. The van der Waals surface area contributed by atoms with Gasteiger partial charge in [-0.2, -0.15) is 0 Å². The highest BCUT2D eigenvalue weighted by molar-refractivity contribution is 4.91. The molecule has 0 aromatic heterocycles. The van der Waals surface area contributed by atoms with E-state index in [1.807, 2.05) is 0 Å². The molecule has 0 aromatic rings. The number of nitrogens with zero attached hydrogens (tertiary/aromatic N) is 1. The molecule has 16 heavy (non-hydrogen) atoms. The second-order valence-corrected chi connectivity index (χ2v) is 5.63. The topological polar surface area (TPSA) is 24.5 Å². The van der Waals surface area contributed by atoms with Gasteiger partial charge in [-0.25, -0.2) is 0 Å². The zero-order chi connectivity index (χ0) is 11.4. The van der Waals surface area contributed by atoms with Crippen molar-refractivity contribution in [2.75, 3.05) is 32.8 Å². The highest BCUT2D eigenvalue weighted by Crippen LogP contribution is 2.29. The average molecular weight is 226 g/mol. The van der Waals surface area contributed by atoms with Crippen LogP contribution in [0.5, 0.6) is 0 Å². The van der Waals surface area contributed by atoms with Gasteiger partial charge in [-0.3, -0.25) is 4.90 Å². The first-order valence-corrected chi connectivity index (χ1v) is 6.81. The molecule has 3 heteroatoms. The summed E-state index contributed by atoms with van der Waals surface area (Å²) in [7, 11) is 0. The summed E-state index contributed by atoms with van der Waals surface area (Å²) in [4.78, 5) is 2.65. The molecule has 94 valence electrons. The molecule has 1 aliphatic carbocycles. The van der Waals surface area contributed by atoms with E-state index in [1.54, 1.807) is 0 Å². The normalized spacial score (nSPS) is 26.8. The maximum Gasteiger partial charge on any atom is 0.0591 e. The average Bonchev–Trinajstić information content (AvgIpc) is 2.99. The smallest absolute Gasteiger partial charge is 0.0591 e. The van der Waals surface area contributed by atoms with Crippen molar-refractivity contribution in [1.82, 2.24) is 10.2 Å². The van der Waals surface area contributed by atoms with Crippen molar-refractivity contribution in [1.29, 1.82) is 0 Å². The Bertz CT molecular complexity index is 204. The van der Waals surface area contributed by atoms with E-state index in [-0.39, 0.29) is 0 Å². The summed E-state index contributed by atoms with van der Waals surface area (Å²) < 4.78 is 5.57. The third kappa shape index (κ3) is 4.04. The largest absolute Gasteiger partial charge is 0.380 e. The summed E-state index contributed by atoms with van der Waals surface area (Å²) in [5.74, 6) is 0.650. The van der Waals surface area contributed by atoms with Gasteiger partial charge in [0.15, 0.2) is 0 Å². The van der Waals surface area contributed by atoms with Crippen LogP contribution in [0.25, 0.3) is 0 Å². The molecule has 0 radical (unpaired) electrons. The van der Waals surface area contributed by atoms with Crippen LogP contribution in [-0.4, -0.2) is 49.8 Å². The molecule has 2 aliphatic rings. The molecule has 1 unspecified atom stereocenters. The van der Waals surface area contributed by atoms with E-state index in [0.717, 1.165) is 25.8 Å². The summed E-state index contributed by atoms with van der Waals surface area (Å²) in [6.07, 6.45) is 4.19. The summed E-state index contributed by atoms with van der Waals surface area (Å²) in [6, 6.07) is 1.65. The van der Waals surface area contributed by atoms with Gasteiger partial charge in [0.2, 0.25) is 0 Å². The van der Waals surface area contributed by atoms with Gasteiger partial charge in [0.1, 0.15) is 0 Å². The molecule has 1 N–H and O–H groups in total. The van der Waals surface area contributed by atoms with Crippen LogP contribution in [0.2, 0.25) is 0 Å². The molecular weight excluding hydrogens is 200 g/mol. The molecule has 3 nitrogen and oxygen atoms in total. The van der Waals surface area contributed by atoms with E-state index in [0.29, 0.717) is 12.0 Å². The van der Waals surface area contributed by atoms with Crippen molar-refractivity contribution in [3.8, 4) is 0 Å². The van der Waals surface area contributed by atoms with Gasteiger partial charge >= 0.3 is 0 Å². The van der Waals surface area contributed by atoms with Crippen LogP contribution < -0.4 is 5.32 Å². The Labute approximate surface area is 99.5 Å². The molecule has 1 atom stereocenters. The van der Waals surface area contributed by atoms with Gasteiger partial charge in [0.05, 0.1) is 6.61 Å². The summed E-state index contributed by atoms with van der Waals surface area (Å²) in [6.45, 7) is 9.70. The van der Waals surface area contributed by atoms with Crippen LogP contribution >= 0.6 is 0 Å². The molecule has 1 saturated heterocycles. The minimum absolute atomic E-state index is 0.650. The first kappa shape index (κ1) is 12.3. The van der Waals surface area contributed by atoms with Crippen LogP contribution in [0.1, 0.15) is 33.1 Å². The van der Waals surface area contributed by atoms with E-state index in [4.69, 9.17) is 4.74 Å². The lowest BCUT2D eigenvalue weighted by Gasteiger charge is -2.16. The minimum Gasteiger partial charge on any atom is -0.380 e. The standard InChI is InChI=1S/C13H26N2O/c1-11(2)10-16-8-6-14-12-5-7-15(9-12)13-3-4-13/h11-14H,3-10H2,1-2H3. The van der Waals surface area contributed by atoms with Crippen LogP contribution in [0.3, 0.4) is 0 Å². The molecule has 0 amide bonds. The van der Waals surface area contributed by atoms with Gasteiger partial charge in [-0.1, -0.05) is 13.8 Å². The molecule has 0 spiro atoms. The second kappa shape index (κ2) is 5.99. The molecule has 0 aromatic carbocycles. The van der Waals surface area contributed by atoms with Crippen LogP contribution in [-0.2, 0) is 4.74 Å². The van der Waals surface area contributed by atoms with Crippen molar-refractivity contribution >= 4 is 0 Å². The summed E-state index contributed by atoms with van der Waals surface area (Å²) in [5.41, 5.74) is 0. The second-order valence-electron chi connectivity index (χ2n) is 5.63. The SMILES string of the molecule is CC(C)COCCNC1CCN(C2CC2)C1. The van der Waals surface area contributed by atoms with Crippen molar-refractivity contribution in [2.45, 2.75) is 45.2 Å². The number of likely N-dealkylation sites (tertiary alicyclic amines) is 1. The molecule has 0 bridgehead atoms. The van der Waals surface area contributed by atoms with Gasteiger partial charge in [0, 0.05) is 38.3 Å². The van der Waals surface area contributed by atoms with Crippen LogP contribution in [0.15, 0.2) is 0 Å². The fraction of sp³-hybridized carbons (Fsp3) is 1.00. The van der Waals surface area contributed by atoms with E-state index in [2.05, 4.69) is 24.1 Å². The lowest BCUT2D eigenvalue weighted by atomic mass is 10.2.